The minimum atomic E-state index is -1.43. The van der Waals surface area contributed by atoms with E-state index in [2.05, 4.69) is 21.3 Å². The third-order valence-electron chi connectivity index (χ3n) is 3.59. The Bertz CT molecular complexity index is 692. The lowest BCUT2D eigenvalue weighted by molar-refractivity contribution is -0.141. The Morgan fingerprint density at radius 3 is 2.27 bits per heavy atom. The van der Waals surface area contributed by atoms with Crippen molar-refractivity contribution in [3.8, 4) is 0 Å². The van der Waals surface area contributed by atoms with Gasteiger partial charge in [0.05, 0.1) is 19.0 Å². The van der Waals surface area contributed by atoms with Crippen molar-refractivity contribution in [3.63, 3.8) is 0 Å². The van der Waals surface area contributed by atoms with Crippen LogP contribution in [0.3, 0.4) is 0 Å². The summed E-state index contributed by atoms with van der Waals surface area (Å²) in [4.78, 5) is 70.7. The molecule has 1 rings (SSSR count). The topological polar surface area (TPSA) is 171 Å². The summed E-state index contributed by atoms with van der Waals surface area (Å²) in [6.07, 6.45) is -0.0609. The third kappa shape index (κ3) is 10.2. The molecule has 3 atom stereocenters. The molecule has 0 unspecified atom stereocenters. The van der Waals surface area contributed by atoms with Crippen molar-refractivity contribution in [2.75, 3.05) is 24.6 Å². The molecule has 2 radical (unpaired) electrons. The molecule has 4 amide bonds. The molecule has 166 valence electrons. The average molecular weight is 479 g/mol. The van der Waals surface area contributed by atoms with Gasteiger partial charge in [0.1, 0.15) is 17.9 Å². The molecule has 5 N–H and O–H groups in total. The fourth-order valence-electron chi connectivity index (χ4n) is 2.09. The Morgan fingerprint density at radius 1 is 1.00 bits per heavy atom. The van der Waals surface area contributed by atoms with Gasteiger partial charge in [0, 0.05) is 17.9 Å². The van der Waals surface area contributed by atoms with Crippen molar-refractivity contribution < 1.29 is 33.9 Å². The molecular weight excluding hydrogens is 456 g/mol. The van der Waals surface area contributed by atoms with E-state index in [0.29, 0.717) is 0 Å². The van der Waals surface area contributed by atoms with Crippen LogP contribution in [-0.4, -0.2) is 77.2 Å². The molecule has 30 heavy (non-hydrogen) atoms. The molecule has 14 heteroatoms. The van der Waals surface area contributed by atoms with Gasteiger partial charge in [0.25, 0.3) is 0 Å². The molecule has 0 aromatic heterocycles. The first-order valence-corrected chi connectivity index (χ1v) is 12.4. The summed E-state index contributed by atoms with van der Waals surface area (Å²) in [7, 11) is 3.58. The third-order valence-corrected chi connectivity index (χ3v) is 7.91. The van der Waals surface area contributed by atoms with Crippen LogP contribution < -0.4 is 21.3 Å². The van der Waals surface area contributed by atoms with Crippen LogP contribution in [0.15, 0.2) is 0 Å². The fraction of sp³-hybridized carbons (Fsp3) is 0.562. The summed E-state index contributed by atoms with van der Waals surface area (Å²) >= 11 is 0. The van der Waals surface area contributed by atoms with Crippen molar-refractivity contribution in [3.05, 3.63) is 6.92 Å². The Kier molecular flexibility index (Phi) is 11.7. The minimum Gasteiger partial charge on any atom is -0.480 e. The molecule has 11 nitrogen and oxygen atoms in total. The van der Waals surface area contributed by atoms with E-state index in [1.54, 1.807) is 0 Å². The lowest BCUT2D eigenvalue weighted by Crippen LogP contribution is -2.50. The number of rotatable bonds is 3. The van der Waals surface area contributed by atoms with Crippen LogP contribution in [-0.2, 0) is 28.8 Å². The highest BCUT2D eigenvalue weighted by atomic mass is 33.5. The number of carbonyl (C=O) groups is 6. The van der Waals surface area contributed by atoms with Crippen LogP contribution >= 0.6 is 31.4 Å². The smallest absolute Gasteiger partial charge is 0.327 e. The summed E-state index contributed by atoms with van der Waals surface area (Å²) in [5.41, 5.74) is 0. The van der Waals surface area contributed by atoms with E-state index in [1.807, 2.05) is 0 Å². The Balaban J connectivity index is 2.86. The van der Waals surface area contributed by atoms with Crippen LogP contribution in [0, 0.1) is 12.8 Å². The highest BCUT2D eigenvalue weighted by Crippen LogP contribution is 2.36. The molecule has 1 aliphatic rings. The molecule has 1 fully saturated rings. The number of ketones is 1. The molecule has 1 heterocycles. The number of carboxylic acid groups (broad SMARTS) is 1. The van der Waals surface area contributed by atoms with Crippen molar-refractivity contribution in [1.82, 2.24) is 21.3 Å². The fourth-order valence-corrected chi connectivity index (χ4v) is 6.11. The van der Waals surface area contributed by atoms with Gasteiger partial charge < -0.3 is 31.2 Å². The number of amides is 4. The molecule has 0 saturated carbocycles. The lowest BCUT2D eigenvalue weighted by Gasteiger charge is -2.19. The van der Waals surface area contributed by atoms with Gasteiger partial charge in [-0.15, -0.1) is 0 Å². The number of carbonyl (C=O) groups excluding carboxylic acids is 5. The van der Waals surface area contributed by atoms with E-state index in [4.69, 9.17) is 6.92 Å². The maximum Gasteiger partial charge on any atom is 0.327 e. The standard InChI is InChI=1S/C16H22N4O7S3/c1-8(21)3-10-6-28-30-29-7-11(16(26)27)20-13(23)5-17-12(22)4-18-14(24)9(2)19-15(10)25/h2,9-11H,3-7H2,1H3,(H,17,22)(H,18,24)(H,19,25)(H,20,23)(H,26,27)/t9-,10-,11-/m0/s1. The largest absolute Gasteiger partial charge is 0.480 e. The van der Waals surface area contributed by atoms with E-state index >= 15 is 0 Å². The molecular formula is C16H22N4O7S3. The predicted octanol–water partition coefficient (Wildman–Crippen LogP) is -1.38. The quantitative estimate of drug-likeness (QED) is 0.305. The molecule has 1 aliphatic heterocycles. The van der Waals surface area contributed by atoms with Gasteiger partial charge in [0.15, 0.2) is 0 Å². The zero-order chi connectivity index (χ0) is 22.7. The monoisotopic (exact) mass is 478 g/mol. The molecule has 0 bridgehead atoms. The van der Waals surface area contributed by atoms with Crippen LogP contribution in [0.4, 0.5) is 0 Å². The maximum atomic E-state index is 12.4. The summed E-state index contributed by atoms with van der Waals surface area (Å²) < 4.78 is 0. The van der Waals surface area contributed by atoms with E-state index in [1.165, 1.54) is 27.5 Å². The molecule has 0 aromatic carbocycles. The van der Waals surface area contributed by atoms with E-state index in [9.17, 15) is 33.9 Å². The number of aliphatic carboxylic acids is 1. The van der Waals surface area contributed by atoms with Crippen LogP contribution in [0.2, 0.25) is 0 Å². The summed E-state index contributed by atoms with van der Waals surface area (Å²) in [5.74, 6) is -4.79. The number of nitrogens with one attached hydrogen (secondary N) is 4. The van der Waals surface area contributed by atoms with Crippen LogP contribution in [0.1, 0.15) is 13.3 Å². The first-order valence-electron chi connectivity index (χ1n) is 8.63. The van der Waals surface area contributed by atoms with Gasteiger partial charge in [-0.25, -0.2) is 4.79 Å². The summed E-state index contributed by atoms with van der Waals surface area (Å²) in [5, 5.41) is 18.2. The Morgan fingerprint density at radius 2 is 1.63 bits per heavy atom. The summed E-state index contributed by atoms with van der Waals surface area (Å²) in [6.45, 7) is 5.98. The Hall–Kier alpha value is -1.93. The van der Waals surface area contributed by atoms with Crippen molar-refractivity contribution >= 4 is 66.8 Å². The van der Waals surface area contributed by atoms with Gasteiger partial charge in [-0.3, -0.25) is 19.2 Å². The second-order valence-electron chi connectivity index (χ2n) is 6.18. The lowest BCUT2D eigenvalue weighted by atomic mass is 10.0. The molecule has 0 spiro atoms. The minimum absolute atomic E-state index is 0.0389. The Labute approximate surface area is 184 Å². The second-order valence-corrected chi connectivity index (χ2v) is 10.5. The molecule has 0 aliphatic carbocycles. The van der Waals surface area contributed by atoms with Gasteiger partial charge in [0.2, 0.25) is 23.6 Å². The zero-order valence-electron chi connectivity index (χ0n) is 16.0. The first kappa shape index (κ1) is 26.1. The van der Waals surface area contributed by atoms with Crippen molar-refractivity contribution in [2.45, 2.75) is 25.4 Å². The van der Waals surface area contributed by atoms with Crippen LogP contribution in [0.25, 0.3) is 0 Å². The second kappa shape index (κ2) is 13.4. The van der Waals surface area contributed by atoms with E-state index in [0.717, 1.165) is 10.8 Å². The van der Waals surface area contributed by atoms with Crippen molar-refractivity contribution in [1.29, 1.82) is 0 Å². The number of hydrogen-bond donors (Lipinski definition) is 5. The first-order chi connectivity index (χ1) is 14.1. The molecule has 1 saturated heterocycles. The van der Waals surface area contributed by atoms with Gasteiger partial charge in [-0.05, 0) is 23.7 Å². The normalized spacial score (nSPS) is 25.6. The van der Waals surface area contributed by atoms with Crippen LogP contribution in [0.5, 0.6) is 0 Å². The SMILES string of the molecule is [CH][C@@H]1NC(=O)[C@@H](CC(C)=O)CSSSC[C@@H](C(=O)O)NC(=O)CNC(=O)CNC1=O. The highest BCUT2D eigenvalue weighted by molar-refractivity contribution is 9.09. The van der Waals surface area contributed by atoms with Gasteiger partial charge in [-0.1, -0.05) is 21.6 Å². The van der Waals surface area contributed by atoms with E-state index in [-0.39, 0.29) is 23.7 Å². The highest BCUT2D eigenvalue weighted by Gasteiger charge is 2.26. The number of hydrogen-bond acceptors (Lipinski definition) is 9. The van der Waals surface area contributed by atoms with E-state index < -0.39 is 60.7 Å². The summed E-state index contributed by atoms with van der Waals surface area (Å²) in [6, 6.07) is -2.61. The zero-order valence-corrected chi connectivity index (χ0v) is 18.4. The predicted molar refractivity (Wildman–Crippen MR) is 113 cm³/mol. The molecule has 0 aromatic rings. The number of Topliss-reactive ketones (excluding diaryl/α,β-unsaturated/α-hetero) is 1. The van der Waals surface area contributed by atoms with Gasteiger partial charge >= 0.3 is 5.97 Å². The average Bonchev–Trinajstić information content (AvgIpc) is 2.66. The van der Waals surface area contributed by atoms with Crippen molar-refractivity contribution in [2.24, 2.45) is 5.92 Å². The maximum absolute atomic E-state index is 12.4. The number of carboxylic acids is 1. The van der Waals surface area contributed by atoms with Gasteiger partial charge in [-0.2, -0.15) is 0 Å².